The molecule has 4 heteroatoms. The van der Waals surface area contributed by atoms with E-state index < -0.39 is 0 Å². The first kappa shape index (κ1) is 24.8. The molecule has 1 aliphatic carbocycles. The molecule has 3 aromatic carbocycles. The van der Waals surface area contributed by atoms with Crippen LogP contribution in [0.2, 0.25) is 0 Å². The van der Waals surface area contributed by atoms with Crippen molar-refractivity contribution in [1.29, 1.82) is 0 Å². The van der Waals surface area contributed by atoms with Crippen LogP contribution in [-0.4, -0.2) is 10.9 Å². The SMILES string of the molecule is C=C(NC(=O)[C@H](c1ccc(OCc2ccc3ccccc3n2)cc1)C1CCCCCC1)c1ccccc1. The lowest BCUT2D eigenvalue weighted by molar-refractivity contribution is -0.122. The van der Waals surface area contributed by atoms with E-state index in [1.165, 1.54) is 25.7 Å². The smallest absolute Gasteiger partial charge is 0.232 e. The van der Waals surface area contributed by atoms with Crippen LogP contribution in [0.5, 0.6) is 5.75 Å². The topological polar surface area (TPSA) is 51.2 Å². The van der Waals surface area contributed by atoms with Gasteiger partial charge in [0, 0.05) is 11.1 Å². The van der Waals surface area contributed by atoms with Crippen molar-refractivity contribution in [2.45, 2.75) is 51.0 Å². The van der Waals surface area contributed by atoms with E-state index in [0.29, 0.717) is 18.2 Å². The van der Waals surface area contributed by atoms with Crippen LogP contribution in [-0.2, 0) is 11.4 Å². The number of ether oxygens (including phenoxy) is 1. The number of carbonyl (C=O) groups is 1. The van der Waals surface area contributed by atoms with Gasteiger partial charge in [-0.25, -0.2) is 4.98 Å². The van der Waals surface area contributed by atoms with Crippen LogP contribution >= 0.6 is 0 Å². The molecule has 188 valence electrons. The average Bonchev–Trinajstić information content (AvgIpc) is 3.22. The molecule has 1 aliphatic rings. The number of carbonyl (C=O) groups excluding carboxylic acids is 1. The van der Waals surface area contributed by atoms with Crippen LogP contribution < -0.4 is 10.1 Å². The number of hydrogen-bond acceptors (Lipinski definition) is 3. The fourth-order valence-electron chi connectivity index (χ4n) is 5.34. The lowest BCUT2D eigenvalue weighted by atomic mass is 9.80. The van der Waals surface area contributed by atoms with Crippen molar-refractivity contribution in [3.8, 4) is 5.75 Å². The number of para-hydroxylation sites is 1. The van der Waals surface area contributed by atoms with Crippen molar-refractivity contribution in [2.24, 2.45) is 5.92 Å². The molecule has 1 atom stereocenters. The van der Waals surface area contributed by atoms with Gasteiger partial charge in [-0.05, 0) is 54.2 Å². The van der Waals surface area contributed by atoms with E-state index in [9.17, 15) is 4.79 Å². The second kappa shape index (κ2) is 11.9. The van der Waals surface area contributed by atoms with E-state index in [1.807, 2.05) is 78.9 Å². The van der Waals surface area contributed by atoms with Gasteiger partial charge in [-0.1, -0.05) is 99.0 Å². The highest BCUT2D eigenvalue weighted by Crippen LogP contribution is 2.36. The molecule has 1 heterocycles. The molecule has 1 saturated carbocycles. The predicted octanol–water partition coefficient (Wildman–Crippen LogP) is 7.65. The van der Waals surface area contributed by atoms with Crippen LogP contribution in [0.4, 0.5) is 0 Å². The van der Waals surface area contributed by atoms with Crippen molar-refractivity contribution in [3.05, 3.63) is 114 Å². The number of amides is 1. The highest BCUT2D eigenvalue weighted by Gasteiger charge is 2.30. The second-order valence-corrected chi connectivity index (χ2v) is 9.92. The Morgan fingerprint density at radius 3 is 2.32 bits per heavy atom. The van der Waals surface area contributed by atoms with Crippen molar-refractivity contribution in [1.82, 2.24) is 10.3 Å². The molecule has 4 nitrogen and oxygen atoms in total. The molecule has 1 N–H and O–H groups in total. The maximum atomic E-state index is 13.6. The number of rotatable bonds is 8. The van der Waals surface area contributed by atoms with Crippen molar-refractivity contribution >= 4 is 22.5 Å². The Balaban J connectivity index is 1.30. The molecule has 0 unspecified atom stereocenters. The predicted molar refractivity (Wildman–Crippen MR) is 150 cm³/mol. The molecule has 0 bridgehead atoms. The number of fused-ring (bicyclic) bond motifs is 1. The van der Waals surface area contributed by atoms with Gasteiger partial charge in [0.05, 0.1) is 17.1 Å². The summed E-state index contributed by atoms with van der Waals surface area (Å²) in [5.41, 5.74) is 4.46. The maximum Gasteiger partial charge on any atom is 0.232 e. The zero-order valence-corrected chi connectivity index (χ0v) is 21.2. The van der Waals surface area contributed by atoms with Crippen molar-refractivity contribution in [3.63, 3.8) is 0 Å². The number of nitrogens with one attached hydrogen (secondary N) is 1. The quantitative estimate of drug-likeness (QED) is 0.258. The Bertz CT molecular complexity index is 1340. The third-order valence-corrected chi connectivity index (χ3v) is 7.33. The zero-order chi connectivity index (χ0) is 25.5. The Labute approximate surface area is 219 Å². The fraction of sp³-hybridized carbons (Fsp3) is 0.273. The number of hydrogen-bond donors (Lipinski definition) is 1. The summed E-state index contributed by atoms with van der Waals surface area (Å²) in [4.78, 5) is 18.3. The molecule has 4 aromatic rings. The highest BCUT2D eigenvalue weighted by atomic mass is 16.5. The van der Waals surface area contributed by atoms with Gasteiger partial charge in [0.25, 0.3) is 0 Å². The molecular weight excluding hydrogens is 456 g/mol. The van der Waals surface area contributed by atoms with Gasteiger partial charge in [-0.2, -0.15) is 0 Å². The number of pyridine rings is 1. The maximum absolute atomic E-state index is 13.6. The van der Waals surface area contributed by atoms with Crippen LogP contribution in [0, 0.1) is 5.92 Å². The Morgan fingerprint density at radius 1 is 0.865 bits per heavy atom. The monoisotopic (exact) mass is 490 g/mol. The lowest BCUT2D eigenvalue weighted by Crippen LogP contribution is -2.32. The minimum atomic E-state index is -0.213. The molecule has 5 rings (SSSR count). The van der Waals surface area contributed by atoms with Gasteiger partial charge >= 0.3 is 0 Å². The van der Waals surface area contributed by atoms with E-state index in [0.717, 1.165) is 46.3 Å². The van der Waals surface area contributed by atoms with Crippen LogP contribution in [0.15, 0.2) is 97.6 Å². The molecule has 0 aliphatic heterocycles. The van der Waals surface area contributed by atoms with Crippen LogP contribution in [0.1, 0.15) is 61.3 Å². The largest absolute Gasteiger partial charge is 0.487 e. The van der Waals surface area contributed by atoms with E-state index in [4.69, 9.17) is 9.72 Å². The first-order valence-electron chi connectivity index (χ1n) is 13.3. The average molecular weight is 491 g/mol. The second-order valence-electron chi connectivity index (χ2n) is 9.92. The van der Waals surface area contributed by atoms with E-state index >= 15 is 0 Å². The summed E-state index contributed by atoms with van der Waals surface area (Å²) in [6.07, 6.45) is 6.99. The Kier molecular flexibility index (Phi) is 7.95. The van der Waals surface area contributed by atoms with Gasteiger partial charge in [0.2, 0.25) is 5.91 Å². The number of nitrogens with zero attached hydrogens (tertiary/aromatic N) is 1. The molecule has 0 spiro atoms. The van der Waals surface area contributed by atoms with Crippen molar-refractivity contribution < 1.29 is 9.53 Å². The number of benzene rings is 3. The molecule has 1 amide bonds. The molecule has 0 radical (unpaired) electrons. The zero-order valence-electron chi connectivity index (χ0n) is 21.2. The number of aromatic nitrogens is 1. The van der Waals surface area contributed by atoms with E-state index in [2.05, 4.69) is 24.0 Å². The Morgan fingerprint density at radius 2 is 1.57 bits per heavy atom. The fourth-order valence-corrected chi connectivity index (χ4v) is 5.34. The highest BCUT2D eigenvalue weighted by molar-refractivity contribution is 5.91. The molecule has 1 fully saturated rings. The van der Waals surface area contributed by atoms with Crippen molar-refractivity contribution in [2.75, 3.05) is 0 Å². The van der Waals surface area contributed by atoms with E-state index in [1.54, 1.807) is 0 Å². The molecule has 0 saturated heterocycles. The summed E-state index contributed by atoms with van der Waals surface area (Å²) < 4.78 is 6.05. The third-order valence-electron chi connectivity index (χ3n) is 7.33. The summed E-state index contributed by atoms with van der Waals surface area (Å²) in [6, 6.07) is 30.0. The third kappa shape index (κ3) is 6.26. The summed E-state index contributed by atoms with van der Waals surface area (Å²) >= 11 is 0. The summed E-state index contributed by atoms with van der Waals surface area (Å²) in [5, 5.41) is 4.23. The lowest BCUT2D eigenvalue weighted by Gasteiger charge is -2.26. The minimum absolute atomic E-state index is 0.0229. The van der Waals surface area contributed by atoms with Crippen LogP contribution in [0.3, 0.4) is 0 Å². The normalized spacial score (nSPS) is 15.0. The first-order valence-corrected chi connectivity index (χ1v) is 13.3. The van der Waals surface area contributed by atoms with Gasteiger partial charge in [-0.3, -0.25) is 4.79 Å². The summed E-state index contributed by atoms with van der Waals surface area (Å²) in [7, 11) is 0. The standard InChI is InChI=1S/C33H34N2O2/c1-24(25-11-7-4-8-12-25)34-33(36)32(27-14-5-2-3-6-15-27)28-18-21-30(22-19-28)37-23-29-20-17-26-13-9-10-16-31(26)35-29/h4,7-13,16-22,27,32H,1-3,5-6,14-15,23H2,(H,34,36)/t32-/m0/s1. The Hall–Kier alpha value is -3.92. The van der Waals surface area contributed by atoms with Gasteiger partial charge in [0.1, 0.15) is 12.4 Å². The van der Waals surface area contributed by atoms with Gasteiger partial charge in [0.15, 0.2) is 0 Å². The van der Waals surface area contributed by atoms with E-state index in [-0.39, 0.29) is 11.8 Å². The van der Waals surface area contributed by atoms with Crippen LogP contribution in [0.25, 0.3) is 16.6 Å². The molecule has 1 aromatic heterocycles. The summed E-state index contributed by atoms with van der Waals surface area (Å²) in [6.45, 7) is 4.53. The minimum Gasteiger partial charge on any atom is -0.487 e. The first-order chi connectivity index (χ1) is 18.2. The van der Waals surface area contributed by atoms with Gasteiger partial charge in [-0.15, -0.1) is 0 Å². The summed E-state index contributed by atoms with van der Waals surface area (Å²) in [5.74, 6) is 0.900. The van der Waals surface area contributed by atoms with Gasteiger partial charge < -0.3 is 10.1 Å². The molecule has 37 heavy (non-hydrogen) atoms. The molecular formula is C33H34N2O2.